The quantitative estimate of drug-likeness (QED) is 0.816. The Balaban J connectivity index is 2.31. The van der Waals surface area contributed by atoms with Crippen molar-refractivity contribution in [3.8, 4) is 0 Å². The summed E-state index contributed by atoms with van der Waals surface area (Å²) in [6.45, 7) is 2.96. The molecular weight excluding hydrogens is 290 g/mol. The highest BCUT2D eigenvalue weighted by molar-refractivity contribution is 7.85. The maximum absolute atomic E-state index is 11.1. The molecule has 0 aromatic heterocycles. The number of nitrogens with zero attached hydrogens (tertiary/aromatic N) is 2. The Morgan fingerprint density at radius 2 is 2.05 bits per heavy atom. The van der Waals surface area contributed by atoms with Crippen LogP contribution in [0.5, 0.6) is 0 Å². The van der Waals surface area contributed by atoms with Gasteiger partial charge >= 0.3 is 0 Å². The lowest BCUT2D eigenvalue weighted by Crippen LogP contribution is -2.25. The molecule has 21 heavy (non-hydrogen) atoms. The number of aliphatic imine (C=N–C) groups is 2. The Hall–Kier alpha value is -1.73. The molecule has 0 saturated carbocycles. The first-order chi connectivity index (χ1) is 9.98. The lowest BCUT2D eigenvalue weighted by Gasteiger charge is -2.09. The summed E-state index contributed by atoms with van der Waals surface area (Å²) < 4.78 is 31.2. The van der Waals surface area contributed by atoms with Crippen LogP contribution in [0.2, 0.25) is 0 Å². The largest absolute Gasteiger partial charge is 0.374 e. The molecule has 1 heterocycles. The van der Waals surface area contributed by atoms with Crippen LogP contribution in [0.3, 0.4) is 0 Å². The van der Waals surface area contributed by atoms with Gasteiger partial charge in [0, 0.05) is 18.7 Å². The van der Waals surface area contributed by atoms with Crippen LogP contribution in [-0.4, -0.2) is 49.4 Å². The molecule has 2 N–H and O–H groups in total. The predicted octanol–water partition coefficient (Wildman–Crippen LogP) is 1.14. The summed E-state index contributed by atoms with van der Waals surface area (Å²) in [6.07, 6.45) is 0.528. The van der Waals surface area contributed by atoms with Gasteiger partial charge in [-0.2, -0.15) is 8.42 Å². The molecule has 2 rings (SSSR count). The molecule has 1 aromatic carbocycles. The molecule has 0 fully saturated rings. The SMILES string of the molecule is CCNC1=NCC(CS(=O)(=O)O)N=C(c2ccccc2)C1. The van der Waals surface area contributed by atoms with E-state index in [1.165, 1.54) is 0 Å². The van der Waals surface area contributed by atoms with Gasteiger partial charge in [0.2, 0.25) is 0 Å². The van der Waals surface area contributed by atoms with Gasteiger partial charge in [-0.25, -0.2) is 0 Å². The predicted molar refractivity (Wildman–Crippen MR) is 83.8 cm³/mol. The third-order valence-corrected chi connectivity index (χ3v) is 3.86. The second kappa shape index (κ2) is 6.82. The lowest BCUT2D eigenvalue weighted by atomic mass is 10.1. The third kappa shape index (κ3) is 4.95. The fourth-order valence-corrected chi connectivity index (χ4v) is 2.87. The average molecular weight is 309 g/mol. The van der Waals surface area contributed by atoms with Gasteiger partial charge in [-0.1, -0.05) is 30.3 Å². The normalized spacial score (nSPS) is 19.4. The van der Waals surface area contributed by atoms with Crippen molar-refractivity contribution < 1.29 is 13.0 Å². The first kappa shape index (κ1) is 15.7. The van der Waals surface area contributed by atoms with Crippen molar-refractivity contribution in [2.24, 2.45) is 9.98 Å². The summed E-state index contributed by atoms with van der Waals surface area (Å²) in [4.78, 5) is 8.86. The first-order valence-electron chi connectivity index (χ1n) is 6.82. The van der Waals surface area contributed by atoms with Crippen molar-refractivity contribution >= 4 is 21.7 Å². The highest BCUT2D eigenvalue weighted by Crippen LogP contribution is 2.12. The average Bonchev–Trinajstić information content (AvgIpc) is 2.61. The van der Waals surface area contributed by atoms with Crippen molar-refractivity contribution in [2.45, 2.75) is 19.4 Å². The van der Waals surface area contributed by atoms with E-state index in [-0.39, 0.29) is 6.54 Å². The maximum atomic E-state index is 11.1. The van der Waals surface area contributed by atoms with Gasteiger partial charge in [-0.3, -0.25) is 14.5 Å². The van der Waals surface area contributed by atoms with Gasteiger partial charge in [0.25, 0.3) is 10.1 Å². The van der Waals surface area contributed by atoms with E-state index in [1.54, 1.807) is 0 Å². The Morgan fingerprint density at radius 3 is 2.67 bits per heavy atom. The number of hydrogen-bond acceptors (Lipinski definition) is 5. The van der Waals surface area contributed by atoms with E-state index in [0.717, 1.165) is 23.7 Å². The summed E-state index contributed by atoms with van der Waals surface area (Å²) in [5.41, 5.74) is 1.71. The number of amidine groups is 1. The molecule has 1 aromatic rings. The fourth-order valence-electron chi connectivity index (χ4n) is 2.20. The van der Waals surface area contributed by atoms with E-state index in [0.29, 0.717) is 6.42 Å². The molecular formula is C14H19N3O3S. The van der Waals surface area contributed by atoms with Gasteiger partial charge in [-0.05, 0) is 12.5 Å². The zero-order valence-corrected chi connectivity index (χ0v) is 12.7. The molecule has 1 aliphatic rings. The van der Waals surface area contributed by atoms with E-state index in [1.807, 2.05) is 37.3 Å². The maximum Gasteiger partial charge on any atom is 0.267 e. The number of hydrogen-bond donors (Lipinski definition) is 2. The molecule has 0 amide bonds. The zero-order valence-electron chi connectivity index (χ0n) is 11.9. The summed E-state index contributed by atoms with van der Waals surface area (Å²) in [5, 5.41) is 3.16. The molecule has 1 atom stereocenters. The minimum atomic E-state index is -4.07. The van der Waals surface area contributed by atoms with E-state index in [9.17, 15) is 8.42 Å². The highest BCUT2D eigenvalue weighted by atomic mass is 32.2. The van der Waals surface area contributed by atoms with Crippen LogP contribution in [0.15, 0.2) is 40.3 Å². The van der Waals surface area contributed by atoms with Gasteiger partial charge in [0.05, 0.1) is 18.3 Å². The fraction of sp³-hybridized carbons (Fsp3) is 0.429. The lowest BCUT2D eigenvalue weighted by molar-refractivity contribution is 0.477. The van der Waals surface area contributed by atoms with Crippen LogP contribution in [0, 0.1) is 0 Å². The van der Waals surface area contributed by atoms with E-state index in [2.05, 4.69) is 15.3 Å². The number of nitrogens with one attached hydrogen (secondary N) is 1. The Morgan fingerprint density at radius 1 is 1.33 bits per heavy atom. The summed E-state index contributed by atoms with van der Waals surface area (Å²) >= 11 is 0. The topological polar surface area (TPSA) is 91.1 Å². The summed E-state index contributed by atoms with van der Waals surface area (Å²) in [7, 11) is -4.07. The third-order valence-electron chi connectivity index (χ3n) is 3.06. The smallest absolute Gasteiger partial charge is 0.267 e. The highest BCUT2D eigenvalue weighted by Gasteiger charge is 2.21. The first-order valence-corrected chi connectivity index (χ1v) is 8.43. The molecule has 0 spiro atoms. The van der Waals surface area contributed by atoms with Crippen LogP contribution >= 0.6 is 0 Å². The van der Waals surface area contributed by atoms with Crippen molar-refractivity contribution in [3.63, 3.8) is 0 Å². The molecule has 0 radical (unpaired) electrons. The van der Waals surface area contributed by atoms with Crippen LogP contribution in [-0.2, 0) is 10.1 Å². The van der Waals surface area contributed by atoms with Gasteiger partial charge in [0.1, 0.15) is 5.84 Å². The Bertz CT molecular complexity index is 639. The summed E-state index contributed by atoms with van der Waals surface area (Å²) in [6, 6.07) is 9.02. The molecule has 0 saturated heterocycles. The van der Waals surface area contributed by atoms with Crippen LogP contribution in [0.1, 0.15) is 18.9 Å². The van der Waals surface area contributed by atoms with Gasteiger partial charge in [-0.15, -0.1) is 0 Å². The Kier molecular flexibility index (Phi) is 5.08. The van der Waals surface area contributed by atoms with Crippen molar-refractivity contribution in [3.05, 3.63) is 35.9 Å². The minimum Gasteiger partial charge on any atom is -0.374 e. The molecule has 1 aliphatic heterocycles. The molecule has 6 nitrogen and oxygen atoms in total. The van der Waals surface area contributed by atoms with Crippen LogP contribution in [0.25, 0.3) is 0 Å². The van der Waals surface area contributed by atoms with Crippen LogP contribution in [0.4, 0.5) is 0 Å². The van der Waals surface area contributed by atoms with Crippen molar-refractivity contribution in [2.75, 3.05) is 18.8 Å². The monoisotopic (exact) mass is 309 g/mol. The minimum absolute atomic E-state index is 0.248. The zero-order chi connectivity index (χ0) is 15.3. The molecule has 0 bridgehead atoms. The Labute approximate surface area is 124 Å². The molecule has 0 aliphatic carbocycles. The molecule has 1 unspecified atom stereocenters. The number of benzene rings is 1. The second-order valence-corrected chi connectivity index (χ2v) is 6.34. The molecule has 114 valence electrons. The number of rotatable bonds is 4. The van der Waals surface area contributed by atoms with E-state index < -0.39 is 21.9 Å². The van der Waals surface area contributed by atoms with Crippen LogP contribution < -0.4 is 5.32 Å². The second-order valence-electron chi connectivity index (χ2n) is 4.84. The summed E-state index contributed by atoms with van der Waals surface area (Å²) in [5.74, 6) is 0.379. The van der Waals surface area contributed by atoms with Crippen molar-refractivity contribution in [1.82, 2.24) is 5.32 Å². The standard InChI is InChI=1S/C14H19N3O3S/c1-2-15-14-8-13(11-6-4-3-5-7-11)17-12(9-16-14)10-21(18,19)20/h3-7,12H,2,8-10H2,1H3,(H,15,16)(H,18,19,20). The van der Waals surface area contributed by atoms with Gasteiger partial charge in [0.15, 0.2) is 0 Å². The van der Waals surface area contributed by atoms with E-state index >= 15 is 0 Å². The van der Waals surface area contributed by atoms with E-state index in [4.69, 9.17) is 4.55 Å². The molecule has 7 heteroatoms. The van der Waals surface area contributed by atoms with Gasteiger partial charge < -0.3 is 5.32 Å². The van der Waals surface area contributed by atoms with Crippen molar-refractivity contribution in [1.29, 1.82) is 0 Å².